The Kier molecular flexibility index (Phi) is 7.42. The van der Waals surface area contributed by atoms with Crippen LogP contribution in [0.4, 0.5) is 4.39 Å². The SMILES string of the molecule is O=C(NC1CCN(CC(=O)N2CCN(S(=O)(=O)c3cccc(F)c3)CC2)CC1)c1cccs1. The van der Waals surface area contributed by atoms with Crippen LogP contribution < -0.4 is 5.32 Å². The lowest BCUT2D eigenvalue weighted by molar-refractivity contribution is -0.133. The Morgan fingerprint density at radius 3 is 2.39 bits per heavy atom. The first-order chi connectivity index (χ1) is 15.8. The number of piperidine rings is 1. The van der Waals surface area contributed by atoms with Gasteiger partial charge in [-0.25, -0.2) is 12.8 Å². The second-order valence-corrected chi connectivity index (χ2v) is 11.1. The highest BCUT2D eigenvalue weighted by atomic mass is 32.2. The van der Waals surface area contributed by atoms with E-state index < -0.39 is 15.8 Å². The van der Waals surface area contributed by atoms with Gasteiger partial charge in [0.2, 0.25) is 15.9 Å². The fourth-order valence-corrected chi connectivity index (χ4v) is 6.23. The van der Waals surface area contributed by atoms with Gasteiger partial charge >= 0.3 is 0 Å². The summed E-state index contributed by atoms with van der Waals surface area (Å²) in [5, 5.41) is 4.93. The van der Waals surface area contributed by atoms with E-state index in [0.29, 0.717) is 18.0 Å². The first kappa shape index (κ1) is 23.8. The molecule has 2 saturated heterocycles. The van der Waals surface area contributed by atoms with Crippen LogP contribution in [-0.2, 0) is 14.8 Å². The van der Waals surface area contributed by atoms with Crippen LogP contribution in [0.1, 0.15) is 22.5 Å². The zero-order valence-electron chi connectivity index (χ0n) is 18.2. The fourth-order valence-electron chi connectivity index (χ4n) is 4.15. The van der Waals surface area contributed by atoms with E-state index >= 15 is 0 Å². The van der Waals surface area contributed by atoms with Crippen LogP contribution in [0.3, 0.4) is 0 Å². The largest absolute Gasteiger partial charge is 0.349 e. The van der Waals surface area contributed by atoms with E-state index in [9.17, 15) is 22.4 Å². The summed E-state index contributed by atoms with van der Waals surface area (Å²) in [6, 6.07) is 8.72. The molecule has 0 radical (unpaired) electrons. The van der Waals surface area contributed by atoms with Gasteiger partial charge in [-0.3, -0.25) is 14.5 Å². The van der Waals surface area contributed by atoms with E-state index in [1.54, 1.807) is 11.0 Å². The smallest absolute Gasteiger partial charge is 0.261 e. The van der Waals surface area contributed by atoms with E-state index in [1.807, 2.05) is 11.4 Å². The van der Waals surface area contributed by atoms with Gasteiger partial charge in [-0.15, -0.1) is 11.3 Å². The van der Waals surface area contributed by atoms with E-state index in [1.165, 1.54) is 33.8 Å². The maximum absolute atomic E-state index is 13.4. The molecule has 0 bridgehead atoms. The van der Waals surface area contributed by atoms with E-state index in [2.05, 4.69) is 10.2 Å². The zero-order valence-corrected chi connectivity index (χ0v) is 19.8. The standard InChI is InChI=1S/C22H27FN4O4S2/c23-17-3-1-4-19(15-17)33(30,31)27-12-10-26(11-13-27)21(28)16-25-8-6-18(7-9-25)24-22(29)20-5-2-14-32-20/h1-5,14-15,18H,6-13,16H2,(H,24,29). The molecule has 1 N–H and O–H groups in total. The number of nitrogens with zero attached hydrogens (tertiary/aromatic N) is 3. The predicted molar refractivity (Wildman–Crippen MR) is 123 cm³/mol. The molecule has 0 aliphatic carbocycles. The maximum Gasteiger partial charge on any atom is 0.261 e. The first-order valence-electron chi connectivity index (χ1n) is 10.9. The van der Waals surface area contributed by atoms with Gasteiger partial charge in [-0.2, -0.15) is 4.31 Å². The first-order valence-corrected chi connectivity index (χ1v) is 13.2. The number of hydrogen-bond acceptors (Lipinski definition) is 6. The van der Waals surface area contributed by atoms with E-state index in [0.717, 1.165) is 32.0 Å². The Hall–Kier alpha value is -2.34. The molecule has 33 heavy (non-hydrogen) atoms. The summed E-state index contributed by atoms with van der Waals surface area (Å²) in [7, 11) is -3.78. The molecule has 1 aromatic carbocycles. The number of nitrogens with one attached hydrogen (secondary N) is 1. The molecule has 2 aliphatic rings. The third-order valence-electron chi connectivity index (χ3n) is 6.05. The van der Waals surface area contributed by atoms with Gasteiger partial charge in [-0.1, -0.05) is 12.1 Å². The number of likely N-dealkylation sites (tertiary alicyclic amines) is 1. The van der Waals surface area contributed by atoms with E-state index in [4.69, 9.17) is 0 Å². The fraction of sp³-hybridized carbons (Fsp3) is 0.455. The van der Waals surface area contributed by atoms with Gasteiger partial charge in [0.25, 0.3) is 5.91 Å². The molecule has 2 aromatic rings. The molecule has 3 heterocycles. The Morgan fingerprint density at radius 1 is 1.03 bits per heavy atom. The predicted octanol–water partition coefficient (Wildman–Crippen LogP) is 1.61. The molecule has 2 fully saturated rings. The second-order valence-electron chi connectivity index (χ2n) is 8.24. The van der Waals surface area contributed by atoms with Crippen molar-refractivity contribution >= 4 is 33.2 Å². The molecule has 0 atom stereocenters. The Morgan fingerprint density at radius 2 is 1.76 bits per heavy atom. The Balaban J connectivity index is 1.22. The van der Waals surface area contributed by atoms with Gasteiger partial charge in [0.1, 0.15) is 5.82 Å². The maximum atomic E-state index is 13.4. The summed E-state index contributed by atoms with van der Waals surface area (Å²) >= 11 is 1.41. The number of amides is 2. The minimum Gasteiger partial charge on any atom is -0.349 e. The van der Waals surface area contributed by atoms with Crippen molar-refractivity contribution < 1.29 is 22.4 Å². The van der Waals surface area contributed by atoms with Gasteiger partial charge < -0.3 is 10.2 Å². The Labute approximate surface area is 197 Å². The summed E-state index contributed by atoms with van der Waals surface area (Å²) < 4.78 is 40.2. The number of thiophene rings is 1. The van der Waals surface area contributed by atoms with Crippen LogP contribution in [-0.4, -0.2) is 86.2 Å². The lowest BCUT2D eigenvalue weighted by Crippen LogP contribution is -2.53. The van der Waals surface area contributed by atoms with Crippen molar-refractivity contribution in [3.63, 3.8) is 0 Å². The van der Waals surface area contributed by atoms with Crippen molar-refractivity contribution in [3.8, 4) is 0 Å². The van der Waals surface area contributed by atoms with Crippen molar-refractivity contribution in [2.75, 3.05) is 45.8 Å². The minimum absolute atomic E-state index is 0.0288. The van der Waals surface area contributed by atoms with Crippen LogP contribution in [0.25, 0.3) is 0 Å². The van der Waals surface area contributed by atoms with Gasteiger partial charge in [0.15, 0.2) is 0 Å². The van der Waals surface area contributed by atoms with Crippen molar-refractivity contribution in [2.24, 2.45) is 0 Å². The topological polar surface area (TPSA) is 90.0 Å². The van der Waals surface area contributed by atoms with E-state index in [-0.39, 0.29) is 42.4 Å². The molecule has 8 nitrogen and oxygen atoms in total. The van der Waals surface area contributed by atoms with Crippen LogP contribution in [0.15, 0.2) is 46.7 Å². The number of hydrogen-bond donors (Lipinski definition) is 1. The average Bonchev–Trinajstić information content (AvgIpc) is 3.36. The Bertz CT molecular complexity index is 1080. The molecule has 11 heteroatoms. The molecule has 0 unspecified atom stereocenters. The van der Waals surface area contributed by atoms with Crippen LogP contribution in [0.5, 0.6) is 0 Å². The molecule has 4 rings (SSSR count). The molecular weight excluding hydrogens is 467 g/mol. The number of carbonyl (C=O) groups is 2. The molecule has 2 amide bonds. The molecule has 178 valence electrons. The lowest BCUT2D eigenvalue weighted by atomic mass is 10.0. The molecule has 2 aliphatic heterocycles. The third-order valence-corrected chi connectivity index (χ3v) is 8.82. The van der Waals surface area contributed by atoms with Gasteiger partial charge in [0, 0.05) is 45.3 Å². The number of benzene rings is 1. The summed E-state index contributed by atoms with van der Waals surface area (Å²) in [5.74, 6) is -0.677. The average molecular weight is 495 g/mol. The van der Waals surface area contributed by atoms with Crippen molar-refractivity contribution in [2.45, 2.75) is 23.8 Å². The summed E-state index contributed by atoms with van der Waals surface area (Å²) in [4.78, 5) is 29.3. The number of rotatable bonds is 6. The zero-order chi connectivity index (χ0) is 23.4. The van der Waals surface area contributed by atoms with Crippen molar-refractivity contribution in [3.05, 3.63) is 52.5 Å². The van der Waals surface area contributed by atoms with Gasteiger partial charge in [0.05, 0.1) is 16.3 Å². The van der Waals surface area contributed by atoms with Crippen LogP contribution in [0, 0.1) is 5.82 Å². The number of piperazine rings is 1. The molecular formula is C22H27FN4O4S2. The highest BCUT2D eigenvalue weighted by Gasteiger charge is 2.31. The van der Waals surface area contributed by atoms with Crippen molar-refractivity contribution in [1.29, 1.82) is 0 Å². The quantitative estimate of drug-likeness (QED) is 0.659. The number of sulfonamides is 1. The summed E-state index contributed by atoms with van der Waals surface area (Å²) in [6.45, 7) is 2.69. The number of carbonyl (C=O) groups excluding carboxylic acids is 2. The summed E-state index contributed by atoms with van der Waals surface area (Å²) in [5.41, 5.74) is 0. The lowest BCUT2D eigenvalue weighted by Gasteiger charge is -2.36. The normalized spacial score (nSPS) is 18.9. The number of halogens is 1. The molecule has 0 saturated carbocycles. The highest BCUT2D eigenvalue weighted by Crippen LogP contribution is 2.19. The minimum atomic E-state index is -3.78. The van der Waals surface area contributed by atoms with Gasteiger partial charge in [-0.05, 0) is 42.5 Å². The van der Waals surface area contributed by atoms with Crippen molar-refractivity contribution in [1.82, 2.24) is 19.4 Å². The monoisotopic (exact) mass is 494 g/mol. The van der Waals surface area contributed by atoms with Crippen LogP contribution >= 0.6 is 11.3 Å². The molecule has 1 aromatic heterocycles. The third kappa shape index (κ3) is 5.78. The highest BCUT2D eigenvalue weighted by molar-refractivity contribution is 7.89. The second kappa shape index (κ2) is 10.3. The summed E-state index contributed by atoms with van der Waals surface area (Å²) in [6.07, 6.45) is 1.56. The van der Waals surface area contributed by atoms with Crippen LogP contribution in [0.2, 0.25) is 0 Å². The molecule has 0 spiro atoms.